The molecule has 0 saturated carbocycles. The molecule has 5 aromatic rings. The van der Waals surface area contributed by atoms with E-state index in [4.69, 9.17) is 5.73 Å². The van der Waals surface area contributed by atoms with Crippen LogP contribution in [0.15, 0.2) is 54.7 Å². The summed E-state index contributed by atoms with van der Waals surface area (Å²) < 4.78 is 51.3. The molecule has 0 radical (unpaired) electrons. The zero-order valence-corrected chi connectivity index (χ0v) is 19.8. The fraction of sp³-hybridized carbons (Fsp3) is 0.231. The number of rotatable bonds is 4. The highest BCUT2D eigenvalue weighted by Crippen LogP contribution is 2.45. The van der Waals surface area contributed by atoms with Gasteiger partial charge in [0.1, 0.15) is 17.2 Å². The summed E-state index contributed by atoms with van der Waals surface area (Å²) in [6.07, 6.45) is -0.737. The van der Waals surface area contributed by atoms with Crippen molar-refractivity contribution in [2.75, 3.05) is 23.7 Å². The predicted molar refractivity (Wildman–Crippen MR) is 132 cm³/mol. The molecule has 5 heterocycles. The minimum absolute atomic E-state index is 0.0217. The summed E-state index contributed by atoms with van der Waals surface area (Å²) in [5.41, 5.74) is 8.64. The van der Waals surface area contributed by atoms with Gasteiger partial charge in [0.05, 0.1) is 0 Å². The highest BCUT2D eigenvalue weighted by molar-refractivity contribution is 5.97. The summed E-state index contributed by atoms with van der Waals surface area (Å²) in [5, 5.41) is 4.98. The van der Waals surface area contributed by atoms with Crippen molar-refractivity contribution in [2.24, 2.45) is 0 Å². The van der Waals surface area contributed by atoms with E-state index < -0.39 is 6.29 Å². The van der Waals surface area contributed by atoms with Gasteiger partial charge in [-0.05, 0) is 42.3 Å². The highest BCUT2D eigenvalue weighted by atomic mass is 19.3. The molecule has 0 aliphatic carbocycles. The van der Waals surface area contributed by atoms with Gasteiger partial charge in [-0.1, -0.05) is 18.2 Å². The Hall–Kier alpha value is -4.61. The Balaban J connectivity index is 1.21. The lowest BCUT2D eigenvalue weighted by molar-refractivity contribution is -0.286. The molecule has 7 rings (SSSR count). The quantitative estimate of drug-likeness (QED) is 0.375. The first-order valence-corrected chi connectivity index (χ1v) is 12.0. The average molecular weight is 519 g/mol. The molecule has 2 aliphatic rings. The van der Waals surface area contributed by atoms with E-state index in [9.17, 15) is 13.2 Å². The van der Waals surface area contributed by atoms with Crippen LogP contribution in [0.3, 0.4) is 0 Å². The average Bonchev–Trinajstić information content (AvgIpc) is 3.61. The first-order valence-electron chi connectivity index (χ1n) is 12.0. The van der Waals surface area contributed by atoms with Crippen LogP contribution in [0.1, 0.15) is 29.3 Å². The van der Waals surface area contributed by atoms with Gasteiger partial charge in [0.25, 0.3) is 0 Å². The van der Waals surface area contributed by atoms with Gasteiger partial charge in [-0.2, -0.15) is 4.52 Å². The Bertz CT molecular complexity index is 1710. The van der Waals surface area contributed by atoms with Gasteiger partial charge in [-0.25, -0.2) is 19.3 Å². The van der Waals surface area contributed by atoms with Crippen molar-refractivity contribution in [3.63, 3.8) is 0 Å². The van der Waals surface area contributed by atoms with Gasteiger partial charge in [0.2, 0.25) is 5.95 Å². The maximum absolute atomic E-state index is 13.7. The monoisotopic (exact) mass is 519 g/mol. The highest BCUT2D eigenvalue weighted by Gasteiger charge is 2.45. The van der Waals surface area contributed by atoms with Crippen molar-refractivity contribution < 1.29 is 22.6 Å². The third-order valence-electron chi connectivity index (χ3n) is 6.93. The van der Waals surface area contributed by atoms with E-state index in [-0.39, 0.29) is 34.7 Å². The number of hydrogen-bond donors (Lipinski definition) is 1. The van der Waals surface area contributed by atoms with E-state index in [0.717, 1.165) is 36.5 Å². The normalized spacial score (nSPS) is 18.1. The third-order valence-corrected chi connectivity index (χ3v) is 6.93. The van der Waals surface area contributed by atoms with Gasteiger partial charge in [-0.3, -0.25) is 0 Å². The van der Waals surface area contributed by atoms with Crippen LogP contribution < -0.4 is 20.1 Å². The number of alkyl halides is 2. The smallest absolute Gasteiger partial charge is 0.395 e. The molecular formula is C26H20F3N7O2. The second-order valence-corrected chi connectivity index (χ2v) is 9.34. The lowest BCUT2D eigenvalue weighted by Gasteiger charge is -2.20. The second-order valence-electron chi connectivity index (χ2n) is 9.34. The van der Waals surface area contributed by atoms with Gasteiger partial charge in [-0.15, -0.1) is 13.9 Å². The van der Waals surface area contributed by atoms with Crippen molar-refractivity contribution in [1.29, 1.82) is 0 Å². The van der Waals surface area contributed by atoms with Gasteiger partial charge >= 0.3 is 6.29 Å². The van der Waals surface area contributed by atoms with E-state index in [2.05, 4.69) is 34.4 Å². The topological polar surface area (TPSA) is 104 Å². The summed E-state index contributed by atoms with van der Waals surface area (Å²) in [5.74, 6) is 0.994. The van der Waals surface area contributed by atoms with Crippen LogP contribution in [0.4, 0.5) is 24.9 Å². The number of aromatic nitrogens is 5. The molecule has 1 saturated heterocycles. The van der Waals surface area contributed by atoms with Gasteiger partial charge < -0.3 is 20.1 Å². The molecule has 3 aromatic heterocycles. The molecule has 9 nitrogen and oxygen atoms in total. The first kappa shape index (κ1) is 22.6. The Morgan fingerprint density at radius 1 is 1.05 bits per heavy atom. The third kappa shape index (κ3) is 3.71. The number of hydrogen-bond acceptors (Lipinski definition) is 8. The second kappa shape index (κ2) is 8.20. The number of nitrogens with zero attached hydrogens (tertiary/aromatic N) is 6. The number of nitrogen functional groups attached to an aromatic ring is 1. The lowest BCUT2D eigenvalue weighted by Crippen LogP contribution is -2.26. The van der Waals surface area contributed by atoms with Crippen LogP contribution in [0.25, 0.3) is 16.6 Å². The van der Waals surface area contributed by atoms with Crippen molar-refractivity contribution in [3.8, 4) is 11.5 Å². The van der Waals surface area contributed by atoms with Crippen molar-refractivity contribution >= 4 is 28.3 Å². The number of pyridine rings is 1. The SMILES string of the molecule is Nc1nc2c3c(ccc2c2nc(Cc4cccnc4N4CC[C@@H](c5ccc(F)cc5)C4)nn12)OC(F)(F)O3. The molecule has 2 aromatic carbocycles. The summed E-state index contributed by atoms with van der Waals surface area (Å²) in [6.45, 7) is 1.57. The van der Waals surface area contributed by atoms with Crippen molar-refractivity contribution in [3.05, 3.63) is 77.5 Å². The van der Waals surface area contributed by atoms with E-state index in [1.165, 1.54) is 22.7 Å². The molecule has 192 valence electrons. The molecule has 1 fully saturated rings. The summed E-state index contributed by atoms with van der Waals surface area (Å²) >= 11 is 0. The van der Waals surface area contributed by atoms with Crippen LogP contribution in [-0.4, -0.2) is 44.0 Å². The standard InChI is InChI=1S/C26H20F3N7O2/c27-17-5-3-14(4-6-17)16-9-11-35(13-16)23-15(2-1-10-31-23)12-20-32-24-18-7-8-19-22(38-26(28,29)37-19)21(18)33-25(30)36(24)34-20/h1-8,10,16H,9,11-13H2,(H2,30,33)/t16-/m1/s1. The fourth-order valence-corrected chi connectivity index (χ4v) is 5.20. The van der Waals surface area contributed by atoms with Crippen LogP contribution in [0, 0.1) is 5.82 Å². The minimum atomic E-state index is -3.78. The molecule has 0 bridgehead atoms. The van der Waals surface area contributed by atoms with Crippen LogP contribution >= 0.6 is 0 Å². The maximum Gasteiger partial charge on any atom is 0.586 e. The number of benzene rings is 2. The number of halogens is 3. The van der Waals surface area contributed by atoms with Gasteiger partial charge in [0.15, 0.2) is 23.0 Å². The molecular weight excluding hydrogens is 499 g/mol. The molecule has 38 heavy (non-hydrogen) atoms. The lowest BCUT2D eigenvalue weighted by atomic mass is 9.99. The first-order chi connectivity index (χ1) is 18.3. The summed E-state index contributed by atoms with van der Waals surface area (Å²) in [7, 11) is 0. The van der Waals surface area contributed by atoms with E-state index in [1.54, 1.807) is 12.3 Å². The summed E-state index contributed by atoms with van der Waals surface area (Å²) in [4.78, 5) is 15.8. The Labute approximate surface area is 213 Å². The number of fused-ring (bicyclic) bond motifs is 5. The maximum atomic E-state index is 13.7. The zero-order chi connectivity index (χ0) is 26.0. The largest absolute Gasteiger partial charge is 0.586 e. The molecule has 12 heteroatoms. The Morgan fingerprint density at radius 2 is 1.89 bits per heavy atom. The summed E-state index contributed by atoms with van der Waals surface area (Å²) in [6, 6.07) is 13.4. The van der Waals surface area contributed by atoms with E-state index in [1.807, 2.05) is 24.3 Å². The zero-order valence-electron chi connectivity index (χ0n) is 19.8. The number of nitrogens with two attached hydrogens (primary N) is 1. The van der Waals surface area contributed by atoms with E-state index >= 15 is 0 Å². The molecule has 0 unspecified atom stereocenters. The van der Waals surface area contributed by atoms with Gasteiger partial charge in [0, 0.05) is 42.6 Å². The molecule has 0 spiro atoms. The van der Waals surface area contributed by atoms with E-state index in [0.29, 0.717) is 23.3 Å². The minimum Gasteiger partial charge on any atom is -0.395 e. The Morgan fingerprint density at radius 3 is 2.74 bits per heavy atom. The Kier molecular flexibility index (Phi) is 4.87. The number of anilines is 2. The fourth-order valence-electron chi connectivity index (χ4n) is 5.20. The molecule has 2 N–H and O–H groups in total. The van der Waals surface area contributed by atoms with Crippen molar-refractivity contribution in [2.45, 2.75) is 25.1 Å². The predicted octanol–water partition coefficient (Wildman–Crippen LogP) is 4.30. The molecule has 2 aliphatic heterocycles. The molecule has 0 amide bonds. The number of ether oxygens (including phenoxy) is 2. The van der Waals surface area contributed by atoms with Crippen LogP contribution in [0.5, 0.6) is 11.5 Å². The molecule has 1 atom stereocenters. The van der Waals surface area contributed by atoms with Crippen LogP contribution in [-0.2, 0) is 6.42 Å². The van der Waals surface area contributed by atoms with Crippen LogP contribution in [0.2, 0.25) is 0 Å². The van der Waals surface area contributed by atoms with Crippen molar-refractivity contribution in [1.82, 2.24) is 24.6 Å².